The zero-order valence-corrected chi connectivity index (χ0v) is 13.8. The van der Waals surface area contributed by atoms with Gasteiger partial charge in [-0.15, -0.1) is 0 Å². The molecule has 2 aromatic rings. The van der Waals surface area contributed by atoms with Crippen LogP contribution in [-0.2, 0) is 9.59 Å². The van der Waals surface area contributed by atoms with Crippen molar-refractivity contribution in [2.45, 2.75) is 13.8 Å². The van der Waals surface area contributed by atoms with Crippen LogP contribution in [0.15, 0.2) is 47.6 Å². The van der Waals surface area contributed by atoms with E-state index in [0.29, 0.717) is 11.4 Å². The zero-order chi connectivity index (χ0) is 17.5. The van der Waals surface area contributed by atoms with Gasteiger partial charge in [0.05, 0.1) is 13.3 Å². The van der Waals surface area contributed by atoms with Gasteiger partial charge in [0.2, 0.25) is 0 Å². The molecule has 6 nitrogen and oxygen atoms in total. The standard InChI is InChI=1S/C18H19N3O3/c1-12-7-8-14(9-13(12)2)11-19-21-18(23)17(22)20-15-5-4-6-16(10-15)24-3/h4-11H,1-3H3,(H,20,22)(H,21,23). The Morgan fingerprint density at radius 2 is 1.83 bits per heavy atom. The van der Waals surface area contributed by atoms with Crippen LogP contribution < -0.4 is 15.5 Å². The largest absolute Gasteiger partial charge is 0.497 e. The Hall–Kier alpha value is -3.15. The maximum absolute atomic E-state index is 11.8. The topological polar surface area (TPSA) is 79.8 Å². The number of carbonyl (C=O) groups excluding carboxylic acids is 2. The zero-order valence-electron chi connectivity index (χ0n) is 13.8. The van der Waals surface area contributed by atoms with E-state index >= 15 is 0 Å². The van der Waals surface area contributed by atoms with Crippen molar-refractivity contribution in [2.75, 3.05) is 12.4 Å². The molecule has 24 heavy (non-hydrogen) atoms. The number of ether oxygens (including phenoxy) is 1. The van der Waals surface area contributed by atoms with Gasteiger partial charge in [-0.25, -0.2) is 5.43 Å². The molecule has 6 heteroatoms. The summed E-state index contributed by atoms with van der Waals surface area (Å²) in [6.07, 6.45) is 1.49. The van der Waals surface area contributed by atoms with Crippen LogP contribution in [0, 0.1) is 13.8 Å². The molecule has 0 saturated heterocycles. The summed E-state index contributed by atoms with van der Waals surface area (Å²) in [5, 5.41) is 6.28. The highest BCUT2D eigenvalue weighted by Crippen LogP contribution is 2.16. The van der Waals surface area contributed by atoms with E-state index < -0.39 is 11.8 Å². The van der Waals surface area contributed by atoms with Crippen LogP contribution >= 0.6 is 0 Å². The van der Waals surface area contributed by atoms with Crippen LogP contribution in [0.4, 0.5) is 5.69 Å². The van der Waals surface area contributed by atoms with Crippen LogP contribution in [0.3, 0.4) is 0 Å². The lowest BCUT2D eigenvalue weighted by molar-refractivity contribution is -0.136. The number of hydrogen-bond donors (Lipinski definition) is 2. The lowest BCUT2D eigenvalue weighted by Crippen LogP contribution is -2.32. The van der Waals surface area contributed by atoms with E-state index in [0.717, 1.165) is 11.1 Å². The number of nitrogens with one attached hydrogen (secondary N) is 2. The van der Waals surface area contributed by atoms with Crippen LogP contribution in [0.25, 0.3) is 0 Å². The number of methoxy groups -OCH3 is 1. The van der Waals surface area contributed by atoms with Gasteiger partial charge in [0.15, 0.2) is 0 Å². The first-order valence-electron chi connectivity index (χ1n) is 7.35. The van der Waals surface area contributed by atoms with Crippen molar-refractivity contribution >= 4 is 23.7 Å². The van der Waals surface area contributed by atoms with Gasteiger partial charge < -0.3 is 10.1 Å². The second-order valence-electron chi connectivity index (χ2n) is 5.23. The summed E-state index contributed by atoms with van der Waals surface area (Å²) in [6, 6.07) is 12.5. The molecule has 0 heterocycles. The Labute approximate surface area is 140 Å². The molecule has 124 valence electrons. The van der Waals surface area contributed by atoms with Crippen LogP contribution in [0.2, 0.25) is 0 Å². The minimum Gasteiger partial charge on any atom is -0.497 e. The molecule has 2 aromatic carbocycles. The number of amides is 2. The monoisotopic (exact) mass is 325 g/mol. The Bertz CT molecular complexity index is 785. The van der Waals surface area contributed by atoms with E-state index in [1.165, 1.54) is 18.9 Å². The molecular formula is C18H19N3O3. The Balaban J connectivity index is 1.92. The van der Waals surface area contributed by atoms with Gasteiger partial charge in [0, 0.05) is 11.8 Å². The molecule has 0 bridgehead atoms. The molecule has 0 saturated carbocycles. The second-order valence-corrected chi connectivity index (χ2v) is 5.23. The molecule has 0 aliphatic rings. The van der Waals surface area contributed by atoms with Crippen molar-refractivity contribution in [1.29, 1.82) is 0 Å². The van der Waals surface area contributed by atoms with Crippen molar-refractivity contribution in [3.63, 3.8) is 0 Å². The first kappa shape index (κ1) is 17.2. The van der Waals surface area contributed by atoms with Gasteiger partial charge in [0.25, 0.3) is 0 Å². The normalized spacial score (nSPS) is 10.5. The first-order chi connectivity index (χ1) is 11.5. The van der Waals surface area contributed by atoms with E-state index in [2.05, 4.69) is 15.8 Å². The number of hydrogen-bond acceptors (Lipinski definition) is 4. The lowest BCUT2D eigenvalue weighted by Gasteiger charge is -2.06. The predicted molar refractivity (Wildman–Crippen MR) is 93.3 cm³/mol. The summed E-state index contributed by atoms with van der Waals surface area (Å²) in [7, 11) is 1.52. The van der Waals surface area contributed by atoms with Gasteiger partial charge in [-0.05, 0) is 42.7 Å². The smallest absolute Gasteiger partial charge is 0.329 e. The van der Waals surface area contributed by atoms with Crippen molar-refractivity contribution in [3.8, 4) is 5.75 Å². The second kappa shape index (κ2) is 7.92. The van der Waals surface area contributed by atoms with Gasteiger partial charge in [-0.1, -0.05) is 24.3 Å². The number of rotatable bonds is 4. The number of aryl methyl sites for hydroxylation is 2. The molecule has 0 spiro atoms. The number of benzene rings is 2. The fourth-order valence-corrected chi connectivity index (χ4v) is 1.95. The van der Waals surface area contributed by atoms with Crippen LogP contribution in [-0.4, -0.2) is 25.1 Å². The van der Waals surface area contributed by atoms with E-state index in [9.17, 15) is 9.59 Å². The van der Waals surface area contributed by atoms with Crippen molar-refractivity contribution in [1.82, 2.24) is 5.43 Å². The SMILES string of the molecule is COc1cccc(NC(=O)C(=O)NN=Cc2ccc(C)c(C)c2)c1. The molecule has 0 radical (unpaired) electrons. The van der Waals surface area contributed by atoms with E-state index in [4.69, 9.17) is 4.74 Å². The minimum absolute atomic E-state index is 0.465. The molecule has 2 N–H and O–H groups in total. The van der Waals surface area contributed by atoms with Gasteiger partial charge in [0.1, 0.15) is 5.75 Å². The van der Waals surface area contributed by atoms with Crippen molar-refractivity contribution in [3.05, 3.63) is 59.2 Å². The number of carbonyl (C=O) groups is 2. The third kappa shape index (κ3) is 4.67. The van der Waals surface area contributed by atoms with E-state index in [-0.39, 0.29) is 0 Å². The number of hydrazone groups is 1. The van der Waals surface area contributed by atoms with Gasteiger partial charge in [-0.2, -0.15) is 5.10 Å². The van der Waals surface area contributed by atoms with Crippen molar-refractivity contribution in [2.24, 2.45) is 5.10 Å². The third-order valence-electron chi connectivity index (χ3n) is 3.44. The highest BCUT2D eigenvalue weighted by Gasteiger charge is 2.13. The number of anilines is 1. The van der Waals surface area contributed by atoms with Crippen LogP contribution in [0.5, 0.6) is 5.75 Å². The number of nitrogens with zero attached hydrogens (tertiary/aromatic N) is 1. The molecule has 0 fully saturated rings. The summed E-state index contributed by atoms with van der Waals surface area (Å²) >= 11 is 0. The Morgan fingerprint density at radius 3 is 2.54 bits per heavy atom. The highest BCUT2D eigenvalue weighted by atomic mass is 16.5. The van der Waals surface area contributed by atoms with E-state index in [1.54, 1.807) is 24.3 Å². The summed E-state index contributed by atoms with van der Waals surface area (Å²) in [5.74, 6) is -1.07. The molecule has 0 atom stereocenters. The summed E-state index contributed by atoms with van der Waals surface area (Å²) in [4.78, 5) is 23.6. The molecule has 0 aromatic heterocycles. The first-order valence-corrected chi connectivity index (χ1v) is 7.35. The molecule has 2 rings (SSSR count). The van der Waals surface area contributed by atoms with Gasteiger partial charge >= 0.3 is 11.8 Å². The molecule has 0 aliphatic carbocycles. The quantitative estimate of drug-likeness (QED) is 0.515. The predicted octanol–water partition coefficient (Wildman–Crippen LogP) is 2.40. The van der Waals surface area contributed by atoms with Crippen molar-refractivity contribution < 1.29 is 14.3 Å². The Morgan fingerprint density at radius 1 is 1.04 bits per heavy atom. The fourth-order valence-electron chi connectivity index (χ4n) is 1.95. The van der Waals surface area contributed by atoms with Gasteiger partial charge in [-0.3, -0.25) is 9.59 Å². The average Bonchev–Trinajstić information content (AvgIpc) is 2.58. The Kier molecular flexibility index (Phi) is 5.68. The maximum Gasteiger partial charge on any atom is 0.329 e. The molecule has 0 aliphatic heterocycles. The maximum atomic E-state index is 11.8. The third-order valence-corrected chi connectivity index (χ3v) is 3.44. The lowest BCUT2D eigenvalue weighted by atomic mass is 10.1. The summed E-state index contributed by atoms with van der Waals surface area (Å²) in [5.41, 5.74) is 5.81. The van der Waals surface area contributed by atoms with E-state index in [1.807, 2.05) is 32.0 Å². The fraction of sp³-hybridized carbons (Fsp3) is 0.167. The minimum atomic E-state index is -0.849. The molecule has 2 amide bonds. The highest BCUT2D eigenvalue weighted by molar-refractivity contribution is 6.39. The summed E-state index contributed by atoms with van der Waals surface area (Å²) in [6.45, 7) is 4.01. The average molecular weight is 325 g/mol. The summed E-state index contributed by atoms with van der Waals surface area (Å²) < 4.78 is 5.05. The molecular weight excluding hydrogens is 306 g/mol. The molecule has 0 unspecified atom stereocenters. The van der Waals surface area contributed by atoms with Crippen LogP contribution in [0.1, 0.15) is 16.7 Å².